The second-order valence-corrected chi connectivity index (χ2v) is 6.25. The Morgan fingerprint density at radius 2 is 1.77 bits per heavy atom. The molecule has 4 nitrogen and oxygen atoms in total. The molecule has 1 N–H and O–H groups in total. The van der Waals surface area contributed by atoms with Crippen LogP contribution in [0.15, 0.2) is 48.5 Å². The molecule has 0 aliphatic carbocycles. The largest absolute Gasteiger partial charge is 0.489 e. The Morgan fingerprint density at radius 3 is 2.31 bits per heavy atom. The summed E-state index contributed by atoms with van der Waals surface area (Å²) >= 11 is 0. The number of carbonyl (C=O) groups is 1. The molecule has 7 heteroatoms. The third kappa shape index (κ3) is 4.28. The van der Waals surface area contributed by atoms with E-state index in [1.807, 2.05) is 17.0 Å². The molecule has 138 valence electrons. The van der Waals surface area contributed by atoms with E-state index in [1.54, 1.807) is 12.1 Å². The van der Waals surface area contributed by atoms with Crippen molar-refractivity contribution in [3.63, 3.8) is 0 Å². The number of hydrogen-bond acceptors (Lipinski definition) is 3. The number of aliphatic carboxylic acids is 1. The molecule has 0 amide bonds. The maximum absolute atomic E-state index is 12.5. The van der Waals surface area contributed by atoms with Gasteiger partial charge in [-0.3, -0.25) is 4.79 Å². The minimum Gasteiger partial charge on any atom is -0.489 e. The average molecular weight is 365 g/mol. The summed E-state index contributed by atoms with van der Waals surface area (Å²) < 4.78 is 43.2. The lowest BCUT2D eigenvalue weighted by atomic mass is 10.1. The van der Waals surface area contributed by atoms with E-state index >= 15 is 0 Å². The topological polar surface area (TPSA) is 49.8 Å². The zero-order chi connectivity index (χ0) is 18.7. The van der Waals surface area contributed by atoms with Crippen molar-refractivity contribution in [2.45, 2.75) is 19.2 Å². The lowest BCUT2D eigenvalue weighted by Gasteiger charge is -2.18. The highest BCUT2D eigenvalue weighted by Gasteiger charge is 2.30. The Kier molecular flexibility index (Phi) is 5.06. The van der Waals surface area contributed by atoms with Crippen molar-refractivity contribution in [2.75, 3.05) is 18.0 Å². The Morgan fingerprint density at radius 1 is 1.12 bits per heavy atom. The van der Waals surface area contributed by atoms with Crippen LogP contribution in [0.4, 0.5) is 18.9 Å². The molecule has 1 unspecified atom stereocenters. The van der Waals surface area contributed by atoms with Crippen molar-refractivity contribution in [2.24, 2.45) is 5.92 Å². The summed E-state index contributed by atoms with van der Waals surface area (Å²) in [6.45, 7) is 1.35. The van der Waals surface area contributed by atoms with Crippen molar-refractivity contribution < 1.29 is 27.8 Å². The Labute approximate surface area is 148 Å². The number of rotatable bonds is 5. The van der Waals surface area contributed by atoms with Crippen LogP contribution in [-0.4, -0.2) is 24.2 Å². The van der Waals surface area contributed by atoms with Crippen LogP contribution in [0, 0.1) is 5.92 Å². The van der Waals surface area contributed by atoms with Gasteiger partial charge in [0, 0.05) is 18.8 Å². The highest BCUT2D eigenvalue weighted by atomic mass is 19.4. The van der Waals surface area contributed by atoms with Crippen LogP contribution < -0.4 is 9.64 Å². The van der Waals surface area contributed by atoms with Crippen molar-refractivity contribution in [1.29, 1.82) is 0 Å². The minimum absolute atomic E-state index is 0.169. The first-order chi connectivity index (χ1) is 12.3. The van der Waals surface area contributed by atoms with Crippen molar-refractivity contribution in [3.05, 3.63) is 59.7 Å². The fraction of sp³-hybridized carbons (Fsp3) is 0.316. The summed E-state index contributed by atoms with van der Waals surface area (Å²) in [5.74, 6) is -0.516. The monoisotopic (exact) mass is 365 g/mol. The molecule has 2 aromatic carbocycles. The molecule has 1 heterocycles. The van der Waals surface area contributed by atoms with Gasteiger partial charge in [-0.05, 0) is 48.4 Å². The number of ether oxygens (including phenoxy) is 1. The van der Waals surface area contributed by atoms with E-state index in [0.717, 1.165) is 17.8 Å². The van der Waals surface area contributed by atoms with Gasteiger partial charge in [-0.1, -0.05) is 12.1 Å². The molecule has 26 heavy (non-hydrogen) atoms. The highest BCUT2D eigenvalue weighted by molar-refractivity contribution is 5.72. The number of hydrogen-bond donors (Lipinski definition) is 1. The zero-order valence-electron chi connectivity index (χ0n) is 13.9. The molecular weight excluding hydrogens is 347 g/mol. The first kappa shape index (κ1) is 18.1. The molecule has 1 aliphatic rings. The molecule has 3 rings (SSSR count). The maximum Gasteiger partial charge on any atom is 0.416 e. The van der Waals surface area contributed by atoms with Crippen LogP contribution in [0.2, 0.25) is 0 Å². The fourth-order valence-electron chi connectivity index (χ4n) is 2.91. The number of halogens is 3. The van der Waals surface area contributed by atoms with Crippen LogP contribution in [0.5, 0.6) is 5.75 Å². The lowest BCUT2D eigenvalue weighted by molar-refractivity contribution is -0.141. The molecule has 1 saturated heterocycles. The Bertz CT molecular complexity index is 757. The van der Waals surface area contributed by atoms with Crippen LogP contribution in [-0.2, 0) is 17.6 Å². The third-order valence-corrected chi connectivity index (χ3v) is 4.43. The van der Waals surface area contributed by atoms with Gasteiger partial charge >= 0.3 is 12.1 Å². The predicted octanol–water partition coefficient (Wildman–Crippen LogP) is 4.20. The summed E-state index contributed by atoms with van der Waals surface area (Å²) in [6, 6.07) is 12.1. The number of nitrogens with zero attached hydrogens (tertiary/aromatic N) is 1. The van der Waals surface area contributed by atoms with E-state index in [9.17, 15) is 18.0 Å². The van der Waals surface area contributed by atoms with Gasteiger partial charge in [-0.25, -0.2) is 0 Å². The smallest absolute Gasteiger partial charge is 0.416 e. The van der Waals surface area contributed by atoms with Gasteiger partial charge in [0.05, 0.1) is 11.5 Å². The first-order valence-corrected chi connectivity index (χ1v) is 8.19. The summed E-state index contributed by atoms with van der Waals surface area (Å²) in [6.07, 6.45) is -3.72. The van der Waals surface area contributed by atoms with E-state index in [-0.39, 0.29) is 12.5 Å². The quantitative estimate of drug-likeness (QED) is 0.863. The van der Waals surface area contributed by atoms with Crippen molar-refractivity contribution >= 4 is 11.7 Å². The zero-order valence-corrected chi connectivity index (χ0v) is 13.9. The molecule has 0 bridgehead atoms. The minimum atomic E-state index is -4.34. The molecule has 2 aromatic rings. The second kappa shape index (κ2) is 7.27. The van der Waals surface area contributed by atoms with E-state index in [4.69, 9.17) is 9.84 Å². The average Bonchev–Trinajstić information content (AvgIpc) is 3.10. The normalized spacial score (nSPS) is 17.3. The summed E-state index contributed by atoms with van der Waals surface area (Å²) in [5, 5.41) is 9.05. The highest BCUT2D eigenvalue weighted by Crippen LogP contribution is 2.29. The molecule has 1 fully saturated rings. The first-order valence-electron chi connectivity index (χ1n) is 8.19. The maximum atomic E-state index is 12.5. The molecule has 0 aromatic heterocycles. The molecule has 0 saturated carbocycles. The predicted molar refractivity (Wildman–Crippen MR) is 90.2 cm³/mol. The lowest BCUT2D eigenvalue weighted by Crippen LogP contribution is -2.22. The van der Waals surface area contributed by atoms with Crippen LogP contribution >= 0.6 is 0 Å². The van der Waals surface area contributed by atoms with E-state index in [1.165, 1.54) is 12.1 Å². The van der Waals surface area contributed by atoms with Gasteiger partial charge in [0.2, 0.25) is 0 Å². The molecule has 0 spiro atoms. The van der Waals surface area contributed by atoms with Crippen molar-refractivity contribution in [3.8, 4) is 5.75 Å². The second-order valence-electron chi connectivity index (χ2n) is 6.25. The summed E-state index contributed by atoms with van der Waals surface area (Å²) in [5.41, 5.74) is 0.887. The van der Waals surface area contributed by atoms with Crippen LogP contribution in [0.25, 0.3) is 0 Å². The number of benzene rings is 2. The molecule has 0 radical (unpaired) electrons. The standard InChI is InChI=1S/C19H18F3NO3/c20-19(21,22)15-3-1-13(2-4-15)12-26-17-7-5-16(6-8-17)23-10-9-14(11-23)18(24)25/h1-8,14H,9-12H2,(H,24,25). The van der Waals surface area contributed by atoms with E-state index < -0.39 is 17.7 Å². The van der Waals surface area contributed by atoms with Gasteiger partial charge in [0.1, 0.15) is 12.4 Å². The van der Waals surface area contributed by atoms with Gasteiger partial charge in [-0.15, -0.1) is 0 Å². The Balaban J connectivity index is 1.56. The SMILES string of the molecule is O=C(O)C1CCN(c2ccc(OCc3ccc(C(F)(F)F)cc3)cc2)C1. The number of alkyl halides is 3. The summed E-state index contributed by atoms with van der Waals surface area (Å²) in [7, 11) is 0. The van der Waals surface area contributed by atoms with Crippen molar-refractivity contribution in [1.82, 2.24) is 0 Å². The van der Waals surface area contributed by atoms with Crippen LogP contribution in [0.1, 0.15) is 17.5 Å². The Hall–Kier alpha value is -2.70. The molecular formula is C19H18F3NO3. The van der Waals surface area contributed by atoms with Crippen LogP contribution in [0.3, 0.4) is 0 Å². The fourth-order valence-corrected chi connectivity index (χ4v) is 2.91. The van der Waals surface area contributed by atoms with Gasteiger partial charge < -0.3 is 14.7 Å². The number of anilines is 1. The third-order valence-electron chi connectivity index (χ3n) is 4.43. The summed E-state index contributed by atoms with van der Waals surface area (Å²) in [4.78, 5) is 13.0. The molecule has 1 aliphatic heterocycles. The van der Waals surface area contributed by atoms with Gasteiger partial charge in [0.15, 0.2) is 0 Å². The van der Waals surface area contributed by atoms with E-state index in [2.05, 4.69) is 0 Å². The van der Waals surface area contributed by atoms with E-state index in [0.29, 0.717) is 30.8 Å². The number of carboxylic acids is 1. The molecule has 1 atom stereocenters. The van der Waals surface area contributed by atoms with Gasteiger partial charge in [-0.2, -0.15) is 13.2 Å². The number of carboxylic acid groups (broad SMARTS) is 1. The van der Waals surface area contributed by atoms with Gasteiger partial charge in [0.25, 0.3) is 0 Å².